The van der Waals surface area contributed by atoms with E-state index in [1.54, 1.807) is 11.3 Å². The van der Waals surface area contributed by atoms with Gasteiger partial charge < -0.3 is 4.74 Å². The molecule has 0 saturated carbocycles. The highest BCUT2D eigenvalue weighted by molar-refractivity contribution is 7.16. The first-order valence-electron chi connectivity index (χ1n) is 7.52. The third-order valence-corrected chi connectivity index (χ3v) is 6.27. The molecular formula is C15H20N2O2S. The molecule has 0 aromatic carbocycles. The molecule has 1 aromatic heterocycles. The molecule has 108 valence electrons. The minimum absolute atomic E-state index is 0.150. The van der Waals surface area contributed by atoms with Gasteiger partial charge >= 0.3 is 6.09 Å². The average molecular weight is 292 g/mol. The average Bonchev–Trinajstić information content (AvgIpc) is 3.05. The van der Waals surface area contributed by atoms with Crippen LogP contribution in [0.4, 0.5) is 9.80 Å². The summed E-state index contributed by atoms with van der Waals surface area (Å²) in [4.78, 5) is 17.9. The summed E-state index contributed by atoms with van der Waals surface area (Å²) in [6, 6.07) is 4.18. The molecule has 1 amide bonds. The highest BCUT2D eigenvalue weighted by atomic mass is 32.1. The third kappa shape index (κ3) is 1.79. The first kappa shape index (κ1) is 12.7. The molecule has 20 heavy (non-hydrogen) atoms. The van der Waals surface area contributed by atoms with E-state index in [4.69, 9.17) is 4.74 Å². The molecule has 2 bridgehead atoms. The van der Waals surface area contributed by atoms with Gasteiger partial charge in [-0.25, -0.2) is 4.79 Å². The summed E-state index contributed by atoms with van der Waals surface area (Å²) in [5.41, 5.74) is -0.246. The second kappa shape index (κ2) is 4.46. The molecule has 0 aliphatic carbocycles. The monoisotopic (exact) mass is 292 g/mol. The summed E-state index contributed by atoms with van der Waals surface area (Å²) in [7, 11) is 0. The molecular weight excluding hydrogens is 272 g/mol. The lowest BCUT2D eigenvalue weighted by Gasteiger charge is -2.49. The summed E-state index contributed by atoms with van der Waals surface area (Å²) >= 11 is 1.71. The number of fused-ring (bicyclic) bond motifs is 2. The zero-order valence-corrected chi connectivity index (χ0v) is 12.6. The van der Waals surface area contributed by atoms with Crippen LogP contribution < -0.4 is 4.90 Å². The SMILES string of the molecule is CCc1ccc(N2C[C@@]3(CN4CCC3CC4)OC2=O)s1. The minimum Gasteiger partial charge on any atom is -0.439 e. The molecule has 1 aromatic rings. The Morgan fingerprint density at radius 3 is 2.75 bits per heavy atom. The van der Waals surface area contributed by atoms with E-state index >= 15 is 0 Å². The van der Waals surface area contributed by atoms with Crippen LogP contribution in [-0.2, 0) is 11.2 Å². The van der Waals surface area contributed by atoms with Crippen LogP contribution in [0.3, 0.4) is 0 Å². The second-order valence-electron chi connectivity index (χ2n) is 6.16. The number of carbonyl (C=O) groups is 1. The van der Waals surface area contributed by atoms with E-state index in [9.17, 15) is 4.79 Å². The van der Waals surface area contributed by atoms with Gasteiger partial charge in [-0.3, -0.25) is 9.80 Å². The molecule has 5 rings (SSSR count). The Balaban J connectivity index is 1.60. The lowest BCUT2D eigenvalue weighted by Crippen LogP contribution is -2.61. The summed E-state index contributed by atoms with van der Waals surface area (Å²) in [6.07, 6.45) is 3.22. The van der Waals surface area contributed by atoms with Crippen molar-refractivity contribution in [3.05, 3.63) is 17.0 Å². The number of nitrogens with zero attached hydrogens (tertiary/aromatic N) is 2. The molecule has 4 nitrogen and oxygen atoms in total. The Bertz CT molecular complexity index is 536. The van der Waals surface area contributed by atoms with Crippen molar-refractivity contribution in [2.75, 3.05) is 31.1 Å². The first-order valence-corrected chi connectivity index (χ1v) is 8.33. The van der Waals surface area contributed by atoms with Crippen LogP contribution in [-0.4, -0.2) is 42.8 Å². The van der Waals surface area contributed by atoms with Crippen molar-refractivity contribution in [1.29, 1.82) is 0 Å². The molecule has 0 radical (unpaired) electrons. The fraction of sp³-hybridized carbons (Fsp3) is 0.667. The lowest BCUT2D eigenvalue weighted by atomic mass is 9.75. The molecule has 4 aliphatic heterocycles. The quantitative estimate of drug-likeness (QED) is 0.840. The number of anilines is 1. The molecule has 1 spiro atoms. The summed E-state index contributed by atoms with van der Waals surface area (Å²) in [5, 5.41) is 1.04. The highest BCUT2D eigenvalue weighted by Crippen LogP contribution is 2.44. The molecule has 5 heteroatoms. The number of aryl methyl sites for hydroxylation is 1. The summed E-state index contributed by atoms with van der Waals surface area (Å²) in [6.45, 7) is 6.14. The number of piperidine rings is 3. The van der Waals surface area contributed by atoms with E-state index in [2.05, 4.69) is 24.0 Å². The Hall–Kier alpha value is -1.07. The second-order valence-corrected chi connectivity index (χ2v) is 7.31. The number of hydrogen-bond donors (Lipinski definition) is 0. The first-order chi connectivity index (χ1) is 9.70. The van der Waals surface area contributed by atoms with Crippen LogP contribution >= 0.6 is 11.3 Å². The van der Waals surface area contributed by atoms with Gasteiger partial charge in [0.15, 0.2) is 0 Å². The van der Waals surface area contributed by atoms with E-state index in [-0.39, 0.29) is 11.7 Å². The topological polar surface area (TPSA) is 32.8 Å². The maximum absolute atomic E-state index is 12.3. The number of hydrogen-bond acceptors (Lipinski definition) is 4. The van der Waals surface area contributed by atoms with Crippen molar-refractivity contribution in [2.24, 2.45) is 5.92 Å². The Morgan fingerprint density at radius 1 is 1.35 bits per heavy atom. The van der Waals surface area contributed by atoms with E-state index < -0.39 is 0 Å². The smallest absolute Gasteiger partial charge is 0.415 e. The van der Waals surface area contributed by atoms with Gasteiger partial charge in [-0.05, 0) is 44.5 Å². The van der Waals surface area contributed by atoms with Gasteiger partial charge in [-0.1, -0.05) is 6.92 Å². The standard InChI is InChI=1S/C15H20N2O2S/c1-2-12-3-4-13(20-12)17-10-15(19-14(17)18)9-16-7-5-11(15)6-8-16/h3-4,11H,2,5-10H2,1H3/t15-/m1/s1. The van der Waals surface area contributed by atoms with Crippen LogP contribution in [0.1, 0.15) is 24.6 Å². The maximum atomic E-state index is 12.3. The zero-order chi connectivity index (χ0) is 13.7. The molecule has 4 aliphatic rings. The van der Waals surface area contributed by atoms with Crippen LogP contribution in [0.25, 0.3) is 0 Å². The summed E-state index contributed by atoms with van der Waals surface area (Å²) in [5.74, 6) is 0.548. The molecule has 4 fully saturated rings. The minimum atomic E-state index is -0.246. The van der Waals surface area contributed by atoms with Gasteiger partial charge in [0.05, 0.1) is 6.54 Å². The van der Waals surface area contributed by atoms with Gasteiger partial charge in [0.25, 0.3) is 0 Å². The van der Waals surface area contributed by atoms with Crippen molar-refractivity contribution in [3.8, 4) is 0 Å². The number of thiophene rings is 1. The van der Waals surface area contributed by atoms with Crippen molar-refractivity contribution in [2.45, 2.75) is 31.8 Å². The molecule has 4 saturated heterocycles. The van der Waals surface area contributed by atoms with E-state index in [0.717, 1.165) is 24.5 Å². The maximum Gasteiger partial charge on any atom is 0.415 e. The predicted octanol–water partition coefficient (Wildman–Crippen LogP) is 2.73. The molecule has 5 heterocycles. The van der Waals surface area contributed by atoms with Crippen LogP contribution in [0.2, 0.25) is 0 Å². The van der Waals surface area contributed by atoms with Crippen molar-refractivity contribution in [3.63, 3.8) is 0 Å². The fourth-order valence-corrected chi connectivity index (χ4v) is 4.82. The fourth-order valence-electron chi connectivity index (χ4n) is 3.88. The summed E-state index contributed by atoms with van der Waals surface area (Å²) < 4.78 is 5.89. The molecule has 0 N–H and O–H groups in total. The molecule has 1 atom stereocenters. The Labute approximate surface area is 123 Å². The third-order valence-electron chi connectivity index (χ3n) is 5.02. The van der Waals surface area contributed by atoms with Gasteiger partial charge in [0.1, 0.15) is 10.6 Å². The van der Waals surface area contributed by atoms with Gasteiger partial charge in [0.2, 0.25) is 0 Å². The predicted molar refractivity (Wildman–Crippen MR) is 79.4 cm³/mol. The highest BCUT2D eigenvalue weighted by Gasteiger charge is 2.55. The van der Waals surface area contributed by atoms with Crippen molar-refractivity contribution < 1.29 is 9.53 Å². The van der Waals surface area contributed by atoms with Crippen molar-refractivity contribution >= 4 is 22.4 Å². The number of amides is 1. The zero-order valence-electron chi connectivity index (χ0n) is 11.8. The number of carbonyl (C=O) groups excluding carboxylic acids is 1. The Kier molecular flexibility index (Phi) is 2.82. The normalized spacial score (nSPS) is 35.9. The van der Waals surface area contributed by atoms with E-state index in [1.807, 2.05) is 4.90 Å². The van der Waals surface area contributed by atoms with Gasteiger partial charge in [-0.15, -0.1) is 11.3 Å². The van der Waals surface area contributed by atoms with Crippen LogP contribution in [0.5, 0.6) is 0 Å². The van der Waals surface area contributed by atoms with Crippen LogP contribution in [0, 0.1) is 5.92 Å². The Morgan fingerprint density at radius 2 is 2.15 bits per heavy atom. The largest absolute Gasteiger partial charge is 0.439 e. The van der Waals surface area contributed by atoms with Crippen molar-refractivity contribution in [1.82, 2.24) is 4.90 Å². The van der Waals surface area contributed by atoms with E-state index in [0.29, 0.717) is 5.92 Å². The number of rotatable bonds is 2. The number of ether oxygens (including phenoxy) is 1. The molecule has 0 unspecified atom stereocenters. The van der Waals surface area contributed by atoms with Gasteiger partial charge in [-0.2, -0.15) is 0 Å². The van der Waals surface area contributed by atoms with Gasteiger partial charge in [0, 0.05) is 17.3 Å². The lowest BCUT2D eigenvalue weighted by molar-refractivity contribution is -0.0881. The van der Waals surface area contributed by atoms with E-state index in [1.165, 1.54) is 30.8 Å². The van der Waals surface area contributed by atoms with Crippen LogP contribution in [0.15, 0.2) is 12.1 Å².